The maximum Gasteiger partial charge on any atom is 2.00 e. The van der Waals surface area contributed by atoms with Crippen molar-refractivity contribution in [1.29, 1.82) is 0 Å². The molecule has 0 aliphatic carbocycles. The number of phosphoric acid groups is 1. The van der Waals surface area contributed by atoms with Gasteiger partial charge in [0.1, 0.15) is 24.9 Å². The van der Waals surface area contributed by atoms with E-state index >= 15 is 0 Å². The van der Waals surface area contributed by atoms with Crippen LogP contribution in [0.25, 0.3) is 0 Å². The molecule has 9 nitrogen and oxygen atoms in total. The SMILES string of the molecule is O=C(CO)C(O)C(O)C(O)COP(=O)([O-])[O-].[Ca+2]. The van der Waals surface area contributed by atoms with E-state index in [0.29, 0.717) is 0 Å². The smallest absolute Gasteiger partial charge is 0.790 e. The Morgan fingerprint density at radius 2 is 1.76 bits per heavy atom. The summed E-state index contributed by atoms with van der Waals surface area (Å²) in [5.74, 6) is -1.17. The second-order valence-electron chi connectivity index (χ2n) is 2.87. The van der Waals surface area contributed by atoms with Gasteiger partial charge >= 0.3 is 37.7 Å². The van der Waals surface area contributed by atoms with E-state index in [1.54, 1.807) is 0 Å². The molecule has 3 unspecified atom stereocenters. The number of Topliss-reactive ketones (excluding diaryl/α,β-unsaturated/α-hetero) is 1. The largest absolute Gasteiger partial charge is 2.00 e. The van der Waals surface area contributed by atoms with E-state index in [1.165, 1.54) is 0 Å². The van der Waals surface area contributed by atoms with Gasteiger partial charge in [0, 0.05) is 0 Å². The Kier molecular flexibility index (Phi) is 10.6. The molecule has 0 bridgehead atoms. The first-order valence-corrected chi connectivity index (χ1v) is 5.49. The van der Waals surface area contributed by atoms with E-state index in [9.17, 15) is 19.1 Å². The van der Waals surface area contributed by atoms with E-state index in [0.717, 1.165) is 0 Å². The summed E-state index contributed by atoms with van der Waals surface area (Å²) in [5.41, 5.74) is 0. The van der Waals surface area contributed by atoms with Crippen molar-refractivity contribution in [2.45, 2.75) is 18.3 Å². The summed E-state index contributed by atoms with van der Waals surface area (Å²) in [7, 11) is -5.31. The van der Waals surface area contributed by atoms with Gasteiger partial charge in [0.25, 0.3) is 0 Å². The number of carbonyl (C=O) groups excluding carboxylic acids is 1. The number of ketones is 1. The predicted molar refractivity (Wildman–Crippen MR) is 49.4 cm³/mol. The molecule has 0 aromatic rings. The molecule has 96 valence electrons. The van der Waals surface area contributed by atoms with Crippen LogP contribution in [0, 0.1) is 0 Å². The molecule has 0 heterocycles. The van der Waals surface area contributed by atoms with Crippen molar-refractivity contribution in [3.05, 3.63) is 0 Å². The van der Waals surface area contributed by atoms with Gasteiger partial charge < -0.3 is 39.3 Å². The zero-order valence-corrected chi connectivity index (χ0v) is 11.7. The first kappa shape index (κ1) is 20.2. The first-order chi connectivity index (χ1) is 7.19. The standard InChI is InChI=1S/C6H13O9P.Ca/c7-1-3(8)5(10)6(11)4(9)2-15-16(12,13)14;/h4-7,9-11H,1-2H2,(H2,12,13,14);/q;+2/p-2. The Bertz CT molecular complexity index is 279. The molecule has 0 fully saturated rings. The molecule has 0 saturated carbocycles. The number of carbonyl (C=O) groups is 1. The quantitative estimate of drug-likeness (QED) is 0.265. The first-order valence-electron chi connectivity index (χ1n) is 4.03. The average Bonchev–Trinajstić information content (AvgIpc) is 2.21. The van der Waals surface area contributed by atoms with Gasteiger partial charge in [0.15, 0.2) is 5.78 Å². The van der Waals surface area contributed by atoms with E-state index < -0.39 is 45.1 Å². The number of aliphatic hydroxyl groups excluding tert-OH is 4. The molecule has 0 aliphatic heterocycles. The maximum absolute atomic E-state index is 10.7. The monoisotopic (exact) mass is 298 g/mol. The van der Waals surface area contributed by atoms with E-state index in [2.05, 4.69) is 4.52 Å². The van der Waals surface area contributed by atoms with Crippen LogP contribution in [0.2, 0.25) is 0 Å². The molecule has 3 atom stereocenters. The van der Waals surface area contributed by atoms with Crippen molar-refractivity contribution in [2.24, 2.45) is 0 Å². The number of rotatable bonds is 7. The fraction of sp³-hybridized carbons (Fsp3) is 0.833. The van der Waals surface area contributed by atoms with E-state index in [4.69, 9.17) is 20.4 Å². The number of hydrogen-bond donors (Lipinski definition) is 4. The Balaban J connectivity index is 0. The molecule has 0 radical (unpaired) electrons. The van der Waals surface area contributed by atoms with Crippen LogP contribution in [0.5, 0.6) is 0 Å². The molecule has 0 saturated heterocycles. The fourth-order valence-electron chi connectivity index (χ4n) is 0.761. The third-order valence-electron chi connectivity index (χ3n) is 1.61. The van der Waals surface area contributed by atoms with Gasteiger partial charge in [-0.1, -0.05) is 0 Å². The molecule has 0 aromatic carbocycles. The van der Waals surface area contributed by atoms with Crippen LogP contribution in [0.4, 0.5) is 0 Å². The molecule has 0 aromatic heterocycles. The summed E-state index contributed by atoms with van der Waals surface area (Å²) in [6.07, 6.45) is -6.12. The van der Waals surface area contributed by atoms with Crippen molar-refractivity contribution in [2.75, 3.05) is 13.2 Å². The predicted octanol–water partition coefficient (Wildman–Crippen LogP) is -4.90. The zero-order valence-electron chi connectivity index (χ0n) is 8.63. The van der Waals surface area contributed by atoms with Gasteiger partial charge in [0.2, 0.25) is 0 Å². The van der Waals surface area contributed by atoms with Crippen molar-refractivity contribution >= 4 is 51.3 Å². The Morgan fingerprint density at radius 3 is 2.12 bits per heavy atom. The van der Waals surface area contributed by atoms with Gasteiger partial charge in [-0.05, 0) is 0 Å². The van der Waals surface area contributed by atoms with Crippen molar-refractivity contribution in [1.82, 2.24) is 0 Å². The van der Waals surface area contributed by atoms with Gasteiger partial charge in [-0.2, -0.15) is 0 Å². The third-order valence-corrected chi connectivity index (χ3v) is 2.07. The van der Waals surface area contributed by atoms with E-state index in [1.807, 2.05) is 0 Å². The molecule has 0 aliphatic rings. The third kappa shape index (κ3) is 8.57. The summed E-state index contributed by atoms with van der Waals surface area (Å²) < 4.78 is 13.6. The van der Waals surface area contributed by atoms with Crippen LogP contribution in [0.1, 0.15) is 0 Å². The molecule has 0 spiro atoms. The summed E-state index contributed by atoms with van der Waals surface area (Å²) in [6, 6.07) is 0. The van der Waals surface area contributed by atoms with Crippen LogP contribution in [-0.2, 0) is 13.9 Å². The summed E-state index contributed by atoms with van der Waals surface area (Å²) >= 11 is 0. The molecule has 0 amide bonds. The number of aliphatic hydroxyl groups is 4. The molecule has 4 N–H and O–H groups in total. The Labute approximate surface area is 126 Å². The minimum Gasteiger partial charge on any atom is -0.790 e. The van der Waals surface area contributed by atoms with Crippen LogP contribution in [-0.4, -0.2) is 95.5 Å². The summed E-state index contributed by atoms with van der Waals surface area (Å²) in [4.78, 5) is 30.7. The molecule has 11 heteroatoms. The van der Waals surface area contributed by atoms with Crippen molar-refractivity contribution in [3.63, 3.8) is 0 Å². The minimum atomic E-state index is -5.31. The zero-order chi connectivity index (χ0) is 12.9. The fourth-order valence-corrected chi connectivity index (χ4v) is 1.10. The Morgan fingerprint density at radius 1 is 1.29 bits per heavy atom. The topological polar surface area (TPSA) is 170 Å². The summed E-state index contributed by atoms with van der Waals surface area (Å²) in [5, 5.41) is 35.4. The Hall–Kier alpha value is 0.880. The van der Waals surface area contributed by atoms with Crippen LogP contribution in [0.15, 0.2) is 0 Å². The second-order valence-corrected chi connectivity index (χ2v) is 4.02. The van der Waals surface area contributed by atoms with Gasteiger partial charge in [-0.25, -0.2) is 0 Å². The van der Waals surface area contributed by atoms with Gasteiger partial charge in [-0.3, -0.25) is 4.79 Å². The van der Waals surface area contributed by atoms with Crippen molar-refractivity contribution < 1.29 is 44.1 Å². The van der Waals surface area contributed by atoms with Crippen LogP contribution < -0.4 is 9.79 Å². The number of phosphoric ester groups is 1. The number of hydrogen-bond acceptors (Lipinski definition) is 9. The van der Waals surface area contributed by atoms with Crippen LogP contribution >= 0.6 is 7.82 Å². The van der Waals surface area contributed by atoms with Crippen molar-refractivity contribution in [3.8, 4) is 0 Å². The average molecular weight is 298 g/mol. The maximum atomic E-state index is 10.7. The molecule has 0 rings (SSSR count). The summed E-state index contributed by atoms with van der Waals surface area (Å²) in [6.45, 7) is -2.16. The molecular formula is C6H11CaO9P. The molecular weight excluding hydrogens is 287 g/mol. The van der Waals surface area contributed by atoms with E-state index in [-0.39, 0.29) is 37.7 Å². The van der Waals surface area contributed by atoms with Gasteiger partial charge in [0.05, 0.1) is 14.4 Å². The van der Waals surface area contributed by atoms with Crippen LogP contribution in [0.3, 0.4) is 0 Å². The normalized spacial score (nSPS) is 16.8. The second kappa shape index (κ2) is 8.89. The minimum absolute atomic E-state index is 0. The molecule has 17 heavy (non-hydrogen) atoms. The van der Waals surface area contributed by atoms with Gasteiger partial charge in [-0.15, -0.1) is 0 Å².